The number of carbonyl (C=O) groups is 3. The van der Waals surface area contributed by atoms with Crippen LogP contribution in [0.4, 0.5) is 11.4 Å². The zero-order valence-corrected chi connectivity index (χ0v) is 18.2. The van der Waals surface area contributed by atoms with Gasteiger partial charge < -0.3 is 5.32 Å². The van der Waals surface area contributed by atoms with Gasteiger partial charge in [0.05, 0.1) is 22.5 Å². The maximum Gasteiger partial charge on any atom is 0.250 e. The lowest BCUT2D eigenvalue weighted by molar-refractivity contribution is -0.135. The molecule has 0 aromatic heterocycles. The zero-order valence-electron chi connectivity index (χ0n) is 16.7. The van der Waals surface area contributed by atoms with Crippen molar-refractivity contribution in [1.29, 1.82) is 0 Å². The molecular weight excluding hydrogens is 437 g/mol. The van der Waals surface area contributed by atoms with Crippen molar-refractivity contribution in [1.82, 2.24) is 4.90 Å². The van der Waals surface area contributed by atoms with Crippen LogP contribution in [0.5, 0.6) is 0 Å². The van der Waals surface area contributed by atoms with E-state index < -0.39 is 23.3 Å². The minimum absolute atomic E-state index is 0.165. The van der Waals surface area contributed by atoms with Gasteiger partial charge in [0.25, 0.3) is 0 Å². The highest BCUT2D eigenvalue weighted by atomic mass is 35.5. The largest absolute Gasteiger partial charge is 0.324 e. The van der Waals surface area contributed by atoms with Crippen LogP contribution in [0.1, 0.15) is 24.0 Å². The summed E-state index contributed by atoms with van der Waals surface area (Å²) in [4.78, 5) is 44.4. The van der Waals surface area contributed by atoms with Crippen LogP contribution in [0.3, 0.4) is 0 Å². The summed E-state index contributed by atoms with van der Waals surface area (Å²) in [6, 6.07) is 10.3. The molecule has 158 valence electrons. The number of imide groups is 1. The minimum atomic E-state index is -1.18. The number of rotatable bonds is 1. The van der Waals surface area contributed by atoms with Crippen LogP contribution in [0.15, 0.2) is 36.4 Å². The Morgan fingerprint density at radius 3 is 2.68 bits per heavy atom. The van der Waals surface area contributed by atoms with Crippen LogP contribution in [-0.2, 0) is 19.9 Å². The summed E-state index contributed by atoms with van der Waals surface area (Å²) < 4.78 is 0. The summed E-state index contributed by atoms with van der Waals surface area (Å²) in [6.07, 6.45) is 1.65. The Morgan fingerprint density at radius 2 is 1.87 bits per heavy atom. The molecule has 3 saturated heterocycles. The molecule has 2 aromatic rings. The number of nitrogens with zero attached hydrogens (tertiary/aromatic N) is 2. The average molecular weight is 456 g/mol. The van der Waals surface area contributed by atoms with Crippen molar-refractivity contribution in [3.8, 4) is 0 Å². The molecule has 4 atom stereocenters. The highest BCUT2D eigenvalue weighted by Gasteiger charge is 2.74. The van der Waals surface area contributed by atoms with Gasteiger partial charge in [-0.25, -0.2) is 4.90 Å². The SMILES string of the molecule is Cc1ccc2c(c1)[C@]1(C(=O)N2)[C@@H]2C(=O)N(c3cc(Cl)ccc3Cl)C(=O)[C@H]2[C@@H]2CCCN21. The van der Waals surface area contributed by atoms with Crippen LogP contribution in [0.25, 0.3) is 0 Å². The van der Waals surface area contributed by atoms with E-state index in [-0.39, 0.29) is 28.6 Å². The highest BCUT2D eigenvalue weighted by molar-refractivity contribution is 6.38. The molecule has 2 aromatic carbocycles. The number of fused-ring (bicyclic) bond motifs is 7. The number of anilines is 2. The van der Waals surface area contributed by atoms with Crippen molar-refractivity contribution in [2.45, 2.75) is 31.3 Å². The van der Waals surface area contributed by atoms with E-state index in [1.165, 1.54) is 6.07 Å². The van der Waals surface area contributed by atoms with Crippen molar-refractivity contribution < 1.29 is 14.4 Å². The van der Waals surface area contributed by atoms with Crippen LogP contribution < -0.4 is 10.2 Å². The van der Waals surface area contributed by atoms with Crippen LogP contribution in [0.2, 0.25) is 10.0 Å². The topological polar surface area (TPSA) is 69.7 Å². The first-order valence-electron chi connectivity index (χ1n) is 10.4. The smallest absolute Gasteiger partial charge is 0.250 e. The van der Waals surface area contributed by atoms with E-state index in [0.717, 1.165) is 28.9 Å². The Bertz CT molecular complexity index is 1200. The Hall–Kier alpha value is -2.41. The molecule has 0 radical (unpaired) electrons. The third kappa shape index (κ3) is 2.25. The Kier molecular flexibility index (Phi) is 3.93. The summed E-state index contributed by atoms with van der Waals surface area (Å²) >= 11 is 12.5. The molecule has 4 aliphatic rings. The molecule has 6 nitrogen and oxygen atoms in total. The highest BCUT2D eigenvalue weighted by Crippen LogP contribution is 2.61. The molecule has 4 heterocycles. The van der Waals surface area contributed by atoms with E-state index >= 15 is 0 Å². The summed E-state index contributed by atoms with van der Waals surface area (Å²) in [5, 5.41) is 3.64. The predicted molar refractivity (Wildman–Crippen MR) is 117 cm³/mol. The maximum atomic E-state index is 13.9. The number of hydrogen-bond donors (Lipinski definition) is 1. The van der Waals surface area contributed by atoms with Crippen molar-refractivity contribution in [2.75, 3.05) is 16.8 Å². The van der Waals surface area contributed by atoms with E-state index in [0.29, 0.717) is 17.3 Å². The number of benzene rings is 2. The summed E-state index contributed by atoms with van der Waals surface area (Å²) in [5.41, 5.74) is 1.60. The predicted octanol–water partition coefficient (Wildman–Crippen LogP) is 3.73. The number of carbonyl (C=O) groups excluding carboxylic acids is 3. The van der Waals surface area contributed by atoms with Gasteiger partial charge in [-0.05, 0) is 50.6 Å². The van der Waals surface area contributed by atoms with Crippen molar-refractivity contribution in [3.63, 3.8) is 0 Å². The molecule has 0 bridgehead atoms. The fourth-order valence-electron chi connectivity index (χ4n) is 6.21. The Morgan fingerprint density at radius 1 is 1.06 bits per heavy atom. The van der Waals surface area contributed by atoms with Gasteiger partial charge in [0, 0.05) is 22.3 Å². The average Bonchev–Trinajstić information content (AvgIpc) is 3.43. The molecule has 0 unspecified atom stereocenters. The van der Waals surface area contributed by atoms with Crippen LogP contribution in [0, 0.1) is 18.8 Å². The van der Waals surface area contributed by atoms with Gasteiger partial charge in [-0.15, -0.1) is 0 Å². The monoisotopic (exact) mass is 455 g/mol. The second-order valence-electron chi connectivity index (χ2n) is 8.78. The molecule has 31 heavy (non-hydrogen) atoms. The molecule has 6 rings (SSSR count). The molecule has 1 N–H and O–H groups in total. The van der Waals surface area contributed by atoms with Crippen LogP contribution >= 0.6 is 23.2 Å². The van der Waals surface area contributed by atoms with Gasteiger partial charge in [-0.3, -0.25) is 19.3 Å². The Labute approximate surface area is 189 Å². The van der Waals surface area contributed by atoms with Crippen molar-refractivity contribution >= 4 is 52.3 Å². The third-order valence-electron chi connectivity index (χ3n) is 7.30. The Balaban J connectivity index is 1.58. The zero-order chi connectivity index (χ0) is 21.7. The molecule has 0 aliphatic carbocycles. The number of nitrogens with one attached hydrogen (secondary N) is 1. The fraction of sp³-hybridized carbons (Fsp3) is 0.348. The molecule has 4 aliphatic heterocycles. The van der Waals surface area contributed by atoms with E-state index in [2.05, 4.69) is 10.2 Å². The molecule has 1 spiro atoms. The fourth-order valence-corrected chi connectivity index (χ4v) is 6.58. The summed E-state index contributed by atoms with van der Waals surface area (Å²) in [6.45, 7) is 2.64. The van der Waals surface area contributed by atoms with Gasteiger partial charge in [0.1, 0.15) is 5.54 Å². The maximum absolute atomic E-state index is 13.9. The lowest BCUT2D eigenvalue weighted by Gasteiger charge is -2.36. The molecule has 3 amide bonds. The quantitative estimate of drug-likeness (QED) is 0.665. The molecule has 8 heteroatoms. The van der Waals surface area contributed by atoms with Gasteiger partial charge in [-0.2, -0.15) is 0 Å². The molecular formula is C23H19Cl2N3O3. The number of aryl methyl sites for hydroxylation is 1. The van der Waals surface area contributed by atoms with Crippen LogP contribution in [-0.4, -0.2) is 35.2 Å². The number of halogens is 2. The number of amides is 3. The first-order valence-corrected chi connectivity index (χ1v) is 11.1. The van der Waals surface area contributed by atoms with E-state index in [1.807, 2.05) is 25.1 Å². The van der Waals surface area contributed by atoms with Gasteiger partial charge >= 0.3 is 0 Å². The third-order valence-corrected chi connectivity index (χ3v) is 7.85. The molecule has 0 saturated carbocycles. The summed E-state index contributed by atoms with van der Waals surface area (Å²) in [7, 11) is 0. The lowest BCUT2D eigenvalue weighted by atomic mass is 9.75. The van der Waals surface area contributed by atoms with E-state index in [1.54, 1.807) is 12.1 Å². The molecule has 3 fully saturated rings. The van der Waals surface area contributed by atoms with Gasteiger partial charge in [0.2, 0.25) is 17.7 Å². The first kappa shape index (κ1) is 19.3. The second kappa shape index (κ2) is 6.31. The summed E-state index contributed by atoms with van der Waals surface area (Å²) in [5.74, 6) is -2.32. The minimum Gasteiger partial charge on any atom is -0.324 e. The number of hydrogen-bond acceptors (Lipinski definition) is 4. The van der Waals surface area contributed by atoms with E-state index in [4.69, 9.17) is 23.2 Å². The lowest BCUT2D eigenvalue weighted by Crippen LogP contribution is -2.54. The second-order valence-corrected chi connectivity index (χ2v) is 9.63. The van der Waals surface area contributed by atoms with Gasteiger partial charge in [-0.1, -0.05) is 40.9 Å². The van der Waals surface area contributed by atoms with Gasteiger partial charge in [0.15, 0.2) is 0 Å². The first-order chi connectivity index (χ1) is 14.9. The van der Waals surface area contributed by atoms with Crippen molar-refractivity contribution in [2.24, 2.45) is 11.8 Å². The standard InChI is InChI=1S/C23H19Cl2N3O3/c1-11-4-7-15-13(9-11)23(22(31)26-15)19-18(16-3-2-8-27(16)23)20(29)28(21(19)30)17-10-12(24)5-6-14(17)25/h4-7,9-10,16,18-19H,2-3,8H2,1H3,(H,26,31)/t16-,18-,19-,23+/m0/s1. The van der Waals surface area contributed by atoms with Crippen molar-refractivity contribution in [3.05, 3.63) is 57.6 Å². The van der Waals surface area contributed by atoms with E-state index in [9.17, 15) is 14.4 Å². The normalized spacial score (nSPS) is 31.4.